The molecule has 0 amide bonds. The van der Waals surface area contributed by atoms with E-state index in [2.05, 4.69) is 18.2 Å². The van der Waals surface area contributed by atoms with Crippen LogP contribution in [0.1, 0.15) is 18.4 Å². The maximum atomic E-state index is 5.76. The largest absolute Gasteiger partial charge is 0.493 e. The fraction of sp³-hybridized carbons (Fsp3) is 0.500. The maximum absolute atomic E-state index is 5.76. The highest BCUT2D eigenvalue weighted by Crippen LogP contribution is 2.59. The molecule has 0 unspecified atom stereocenters. The van der Waals surface area contributed by atoms with Gasteiger partial charge in [-0.1, -0.05) is 18.2 Å². The minimum absolute atomic E-state index is 0.379. The van der Waals surface area contributed by atoms with Crippen LogP contribution in [-0.2, 0) is 5.41 Å². The van der Waals surface area contributed by atoms with Gasteiger partial charge < -0.3 is 10.5 Å². The third kappa shape index (κ3) is 0.947. The second-order valence-corrected chi connectivity index (χ2v) is 4.39. The minimum Gasteiger partial charge on any atom is -0.493 e. The molecule has 2 nitrogen and oxygen atoms in total. The highest BCUT2D eigenvalue weighted by Gasteiger charge is 2.56. The molecule has 2 atom stereocenters. The van der Waals surface area contributed by atoms with E-state index in [1.807, 2.05) is 6.07 Å². The van der Waals surface area contributed by atoms with E-state index in [1.54, 1.807) is 0 Å². The van der Waals surface area contributed by atoms with E-state index in [0.29, 0.717) is 11.3 Å². The summed E-state index contributed by atoms with van der Waals surface area (Å²) in [4.78, 5) is 0. The summed E-state index contributed by atoms with van der Waals surface area (Å²) in [6.45, 7) is 1.67. The molecule has 1 heterocycles. The van der Waals surface area contributed by atoms with Gasteiger partial charge in [0, 0.05) is 11.0 Å². The molecule has 0 radical (unpaired) electrons. The summed E-state index contributed by atoms with van der Waals surface area (Å²) >= 11 is 0. The summed E-state index contributed by atoms with van der Waals surface area (Å²) in [5, 5.41) is 0. The molecule has 1 aromatic carbocycles. The average molecular weight is 189 g/mol. The van der Waals surface area contributed by atoms with Crippen LogP contribution in [0.4, 0.5) is 0 Å². The van der Waals surface area contributed by atoms with Crippen LogP contribution in [0.5, 0.6) is 5.75 Å². The van der Waals surface area contributed by atoms with Crippen molar-refractivity contribution in [1.82, 2.24) is 0 Å². The number of para-hydroxylation sites is 1. The smallest absolute Gasteiger partial charge is 0.123 e. The van der Waals surface area contributed by atoms with Gasteiger partial charge >= 0.3 is 0 Å². The highest BCUT2D eigenvalue weighted by atomic mass is 16.5. The Hall–Kier alpha value is -1.02. The lowest BCUT2D eigenvalue weighted by molar-refractivity contribution is 0.254. The first-order chi connectivity index (χ1) is 6.87. The van der Waals surface area contributed by atoms with Gasteiger partial charge in [0.25, 0.3) is 0 Å². The van der Waals surface area contributed by atoms with E-state index >= 15 is 0 Å². The van der Waals surface area contributed by atoms with Crippen LogP contribution in [0.2, 0.25) is 0 Å². The summed E-state index contributed by atoms with van der Waals surface area (Å²) in [5.41, 5.74) is 7.52. The van der Waals surface area contributed by atoms with Gasteiger partial charge in [-0.05, 0) is 31.4 Å². The number of rotatable bonds is 1. The van der Waals surface area contributed by atoms with Crippen LogP contribution in [0.3, 0.4) is 0 Å². The van der Waals surface area contributed by atoms with Crippen LogP contribution in [0.15, 0.2) is 24.3 Å². The molecule has 1 aliphatic heterocycles. The molecule has 1 spiro atoms. The van der Waals surface area contributed by atoms with Gasteiger partial charge in [-0.25, -0.2) is 0 Å². The van der Waals surface area contributed by atoms with Crippen molar-refractivity contribution in [2.24, 2.45) is 11.7 Å². The molecule has 3 rings (SSSR count). The molecule has 1 aromatic rings. The Kier molecular flexibility index (Phi) is 1.62. The zero-order valence-corrected chi connectivity index (χ0v) is 8.20. The number of ether oxygens (including phenoxy) is 1. The molecule has 2 aliphatic rings. The van der Waals surface area contributed by atoms with Crippen LogP contribution in [0.25, 0.3) is 0 Å². The molecule has 1 aliphatic carbocycles. The SMILES string of the molecule is NC[C@H]1C[C@@]12CCOc1ccccc12. The first kappa shape index (κ1) is 8.30. The quantitative estimate of drug-likeness (QED) is 0.729. The van der Waals surface area contributed by atoms with E-state index in [4.69, 9.17) is 10.5 Å². The molecular weight excluding hydrogens is 174 g/mol. The first-order valence-corrected chi connectivity index (χ1v) is 5.29. The van der Waals surface area contributed by atoms with Gasteiger partial charge in [-0.3, -0.25) is 0 Å². The van der Waals surface area contributed by atoms with E-state index < -0.39 is 0 Å². The predicted octanol–water partition coefficient (Wildman–Crippen LogP) is 1.69. The summed E-state index contributed by atoms with van der Waals surface area (Å²) < 4.78 is 5.65. The lowest BCUT2D eigenvalue weighted by Gasteiger charge is -2.26. The molecule has 14 heavy (non-hydrogen) atoms. The Bertz CT molecular complexity index is 363. The van der Waals surface area contributed by atoms with E-state index in [-0.39, 0.29) is 0 Å². The van der Waals surface area contributed by atoms with Crippen molar-refractivity contribution < 1.29 is 4.74 Å². The van der Waals surface area contributed by atoms with E-state index in [9.17, 15) is 0 Å². The standard InChI is InChI=1S/C12H15NO/c13-8-9-7-12(9)5-6-14-11-4-2-1-3-10(11)12/h1-4,9H,5-8,13H2/t9-,12+/m1/s1. The number of benzene rings is 1. The van der Waals surface area contributed by atoms with Crippen molar-refractivity contribution in [2.45, 2.75) is 18.3 Å². The van der Waals surface area contributed by atoms with Crippen molar-refractivity contribution in [3.05, 3.63) is 29.8 Å². The summed E-state index contributed by atoms with van der Waals surface area (Å²) in [5.74, 6) is 1.77. The Morgan fingerprint density at radius 3 is 3.07 bits per heavy atom. The molecule has 1 fully saturated rings. The maximum Gasteiger partial charge on any atom is 0.123 e. The van der Waals surface area contributed by atoms with Gasteiger partial charge in [-0.2, -0.15) is 0 Å². The highest BCUT2D eigenvalue weighted by molar-refractivity contribution is 5.46. The zero-order chi connectivity index (χ0) is 9.60. The number of fused-ring (bicyclic) bond motifs is 2. The van der Waals surface area contributed by atoms with Gasteiger partial charge in [0.05, 0.1) is 6.61 Å². The van der Waals surface area contributed by atoms with Gasteiger partial charge in [-0.15, -0.1) is 0 Å². The normalized spacial score (nSPS) is 33.6. The van der Waals surface area contributed by atoms with Gasteiger partial charge in [0.2, 0.25) is 0 Å². The molecule has 0 bridgehead atoms. The zero-order valence-electron chi connectivity index (χ0n) is 8.20. The van der Waals surface area contributed by atoms with Crippen molar-refractivity contribution in [2.75, 3.05) is 13.2 Å². The van der Waals surface area contributed by atoms with Crippen molar-refractivity contribution in [3.8, 4) is 5.75 Å². The van der Waals surface area contributed by atoms with E-state index in [0.717, 1.165) is 25.3 Å². The van der Waals surface area contributed by atoms with Crippen LogP contribution >= 0.6 is 0 Å². The van der Waals surface area contributed by atoms with Gasteiger partial charge in [0.1, 0.15) is 5.75 Å². The second kappa shape index (κ2) is 2.74. The van der Waals surface area contributed by atoms with Crippen LogP contribution < -0.4 is 10.5 Å². The third-order valence-corrected chi connectivity index (χ3v) is 3.75. The number of hydrogen-bond acceptors (Lipinski definition) is 2. The Morgan fingerprint density at radius 1 is 1.43 bits per heavy atom. The Morgan fingerprint density at radius 2 is 2.29 bits per heavy atom. The number of nitrogens with two attached hydrogens (primary N) is 1. The molecule has 2 heteroatoms. The van der Waals surface area contributed by atoms with Crippen LogP contribution in [-0.4, -0.2) is 13.2 Å². The minimum atomic E-state index is 0.379. The average Bonchev–Trinajstić information content (AvgIpc) is 2.94. The third-order valence-electron chi connectivity index (χ3n) is 3.75. The summed E-state index contributed by atoms with van der Waals surface area (Å²) in [6.07, 6.45) is 2.40. The monoisotopic (exact) mass is 189 g/mol. The molecular formula is C12H15NO. The fourth-order valence-electron chi connectivity index (χ4n) is 2.81. The Labute approximate surface area is 84.1 Å². The van der Waals surface area contributed by atoms with E-state index in [1.165, 1.54) is 12.0 Å². The second-order valence-electron chi connectivity index (χ2n) is 4.39. The molecule has 1 saturated carbocycles. The molecule has 2 N–H and O–H groups in total. The van der Waals surface area contributed by atoms with Crippen molar-refractivity contribution >= 4 is 0 Å². The molecule has 0 aromatic heterocycles. The lowest BCUT2D eigenvalue weighted by atomic mass is 9.87. The first-order valence-electron chi connectivity index (χ1n) is 5.29. The molecule has 74 valence electrons. The molecule has 0 saturated heterocycles. The predicted molar refractivity (Wildman–Crippen MR) is 55.4 cm³/mol. The fourth-order valence-corrected chi connectivity index (χ4v) is 2.81. The summed E-state index contributed by atoms with van der Waals surface area (Å²) in [7, 11) is 0. The summed E-state index contributed by atoms with van der Waals surface area (Å²) in [6, 6.07) is 8.41. The topological polar surface area (TPSA) is 35.2 Å². The Balaban J connectivity index is 2.05. The van der Waals surface area contributed by atoms with Crippen molar-refractivity contribution in [1.29, 1.82) is 0 Å². The lowest BCUT2D eigenvalue weighted by Crippen LogP contribution is -2.23. The van der Waals surface area contributed by atoms with Crippen molar-refractivity contribution in [3.63, 3.8) is 0 Å². The van der Waals surface area contributed by atoms with Gasteiger partial charge in [0.15, 0.2) is 0 Å². The van der Waals surface area contributed by atoms with Crippen LogP contribution in [0, 0.1) is 5.92 Å². The number of hydrogen-bond donors (Lipinski definition) is 1.